The lowest BCUT2D eigenvalue weighted by atomic mass is 10.0. The van der Waals surface area contributed by atoms with Crippen molar-refractivity contribution in [1.82, 2.24) is 0 Å². The monoisotopic (exact) mass is 538 g/mol. The normalized spacial score (nSPS) is 13.1. The molecular weight excluding hydrogens is 488 g/mol. The molecule has 3 aromatic rings. The smallest absolute Gasteiger partial charge is 0.119 e. The van der Waals surface area contributed by atoms with E-state index in [2.05, 4.69) is 125 Å². The van der Waals surface area contributed by atoms with E-state index in [1.807, 2.05) is 0 Å². The van der Waals surface area contributed by atoms with Gasteiger partial charge in [-0.15, -0.1) is 0 Å². The van der Waals surface area contributed by atoms with Crippen molar-refractivity contribution in [2.75, 3.05) is 13.2 Å². The minimum Gasteiger partial charge on any atom is -0.493 e. The summed E-state index contributed by atoms with van der Waals surface area (Å²) in [5.41, 5.74) is 4.72. The van der Waals surface area contributed by atoms with Gasteiger partial charge < -0.3 is 9.47 Å². The van der Waals surface area contributed by atoms with E-state index in [9.17, 15) is 0 Å². The Morgan fingerprint density at radius 1 is 0.475 bits per heavy atom. The van der Waals surface area contributed by atoms with E-state index < -0.39 is 0 Å². The molecule has 0 fully saturated rings. The van der Waals surface area contributed by atoms with Crippen LogP contribution in [0.4, 0.5) is 0 Å². The molecule has 40 heavy (non-hydrogen) atoms. The van der Waals surface area contributed by atoms with Gasteiger partial charge >= 0.3 is 0 Å². The van der Waals surface area contributed by atoms with Crippen LogP contribution in [0, 0.1) is 11.8 Å². The summed E-state index contributed by atoms with van der Waals surface area (Å²) in [6, 6.07) is 25.5. The molecule has 0 aliphatic carbocycles. The van der Waals surface area contributed by atoms with Gasteiger partial charge in [0.1, 0.15) is 11.5 Å². The molecular formula is C38H50O2. The van der Waals surface area contributed by atoms with Crippen molar-refractivity contribution in [3.8, 4) is 11.5 Å². The molecule has 0 radical (unpaired) electrons. The van der Waals surface area contributed by atoms with Crippen molar-refractivity contribution in [3.63, 3.8) is 0 Å². The second-order valence-corrected chi connectivity index (χ2v) is 10.9. The summed E-state index contributed by atoms with van der Waals surface area (Å²) < 4.78 is 12.1. The van der Waals surface area contributed by atoms with Gasteiger partial charge in [-0.25, -0.2) is 0 Å². The standard InChI is InChI=1S/C38H50O2/c1-5-9-11-31(7-3)29-39-37-25-21-35(22-26-37)19-17-33-13-15-34(16-14-33)18-20-36-23-27-38(28-24-36)40-30-32(8-4)12-10-6-2/h13-28,31-32H,5-12,29-30H2,1-4H3/b19-17+,20-18+. The Hall–Kier alpha value is -3.26. The number of rotatable bonds is 18. The van der Waals surface area contributed by atoms with Crippen LogP contribution < -0.4 is 9.47 Å². The average molecular weight is 539 g/mol. The third kappa shape index (κ3) is 11.5. The van der Waals surface area contributed by atoms with Crippen molar-refractivity contribution in [1.29, 1.82) is 0 Å². The van der Waals surface area contributed by atoms with Crippen LogP contribution in [0.3, 0.4) is 0 Å². The van der Waals surface area contributed by atoms with Crippen LogP contribution in [-0.2, 0) is 0 Å². The first-order valence-corrected chi connectivity index (χ1v) is 15.5. The van der Waals surface area contributed by atoms with Gasteiger partial charge in [-0.05, 0) is 71.2 Å². The first-order chi connectivity index (χ1) is 19.6. The molecule has 0 aliphatic rings. The van der Waals surface area contributed by atoms with Crippen molar-refractivity contribution < 1.29 is 9.47 Å². The van der Waals surface area contributed by atoms with Crippen LogP contribution in [-0.4, -0.2) is 13.2 Å². The SMILES string of the molecule is CCCCC(CC)COc1ccc(/C=C/c2ccc(/C=C/c3ccc(OCC(CC)CCCC)cc3)cc2)cc1. The lowest BCUT2D eigenvalue weighted by Crippen LogP contribution is -2.11. The number of benzene rings is 3. The quantitative estimate of drug-likeness (QED) is 0.150. The lowest BCUT2D eigenvalue weighted by Gasteiger charge is -2.15. The highest BCUT2D eigenvalue weighted by Crippen LogP contribution is 2.20. The average Bonchev–Trinajstić information content (AvgIpc) is 3.01. The lowest BCUT2D eigenvalue weighted by molar-refractivity contribution is 0.233. The fourth-order valence-electron chi connectivity index (χ4n) is 4.68. The number of hydrogen-bond acceptors (Lipinski definition) is 2. The van der Waals surface area contributed by atoms with Gasteiger partial charge in [0.25, 0.3) is 0 Å². The number of ether oxygens (including phenoxy) is 2. The highest BCUT2D eigenvalue weighted by atomic mass is 16.5. The predicted octanol–water partition coefficient (Wildman–Crippen LogP) is 11.2. The predicted molar refractivity (Wildman–Crippen MR) is 175 cm³/mol. The van der Waals surface area contributed by atoms with Crippen LogP contribution in [0.1, 0.15) is 101 Å². The maximum Gasteiger partial charge on any atom is 0.119 e. The Bertz CT molecular complexity index is 1030. The van der Waals surface area contributed by atoms with Crippen molar-refractivity contribution in [2.24, 2.45) is 11.8 Å². The molecule has 0 amide bonds. The molecule has 3 aromatic carbocycles. The minimum absolute atomic E-state index is 0.649. The maximum atomic E-state index is 6.05. The van der Waals surface area contributed by atoms with E-state index in [0.717, 1.165) is 24.7 Å². The zero-order valence-corrected chi connectivity index (χ0v) is 25.3. The first kappa shape index (κ1) is 31.3. The van der Waals surface area contributed by atoms with E-state index >= 15 is 0 Å². The Morgan fingerprint density at radius 3 is 1.05 bits per heavy atom. The third-order valence-electron chi connectivity index (χ3n) is 7.69. The Balaban J connectivity index is 1.46. The van der Waals surface area contributed by atoms with Crippen LogP contribution in [0.15, 0.2) is 72.8 Å². The highest BCUT2D eigenvalue weighted by molar-refractivity contribution is 5.73. The van der Waals surface area contributed by atoms with Gasteiger partial charge in [0.05, 0.1) is 13.2 Å². The maximum absolute atomic E-state index is 6.05. The molecule has 2 atom stereocenters. The second-order valence-electron chi connectivity index (χ2n) is 10.9. The fraction of sp³-hybridized carbons (Fsp3) is 0.421. The minimum atomic E-state index is 0.649. The van der Waals surface area contributed by atoms with Crippen LogP contribution in [0.2, 0.25) is 0 Å². The summed E-state index contributed by atoms with van der Waals surface area (Å²) in [4.78, 5) is 0. The van der Waals surface area contributed by atoms with E-state index in [4.69, 9.17) is 9.47 Å². The summed E-state index contributed by atoms with van der Waals surface area (Å²) in [6.07, 6.45) is 18.6. The molecule has 2 unspecified atom stereocenters. The summed E-state index contributed by atoms with van der Waals surface area (Å²) in [7, 11) is 0. The number of unbranched alkanes of at least 4 members (excludes halogenated alkanes) is 2. The molecule has 0 heterocycles. The topological polar surface area (TPSA) is 18.5 Å². The zero-order valence-electron chi connectivity index (χ0n) is 25.3. The number of hydrogen-bond donors (Lipinski definition) is 0. The van der Waals surface area contributed by atoms with E-state index in [1.165, 1.54) is 73.6 Å². The van der Waals surface area contributed by atoms with E-state index in [-0.39, 0.29) is 0 Å². The zero-order chi connectivity index (χ0) is 28.4. The van der Waals surface area contributed by atoms with Gasteiger partial charge in [-0.1, -0.05) is 139 Å². The molecule has 2 heteroatoms. The molecule has 0 N–H and O–H groups in total. The summed E-state index contributed by atoms with van der Waals surface area (Å²) in [6.45, 7) is 10.6. The summed E-state index contributed by atoms with van der Waals surface area (Å²) in [5, 5.41) is 0. The molecule has 0 aliphatic heterocycles. The molecule has 0 saturated carbocycles. The first-order valence-electron chi connectivity index (χ1n) is 15.5. The molecule has 3 rings (SSSR count). The van der Waals surface area contributed by atoms with E-state index in [0.29, 0.717) is 11.8 Å². The molecule has 0 saturated heterocycles. The van der Waals surface area contributed by atoms with Gasteiger partial charge in [-0.2, -0.15) is 0 Å². The Morgan fingerprint density at radius 2 is 0.775 bits per heavy atom. The second kappa shape index (κ2) is 18.2. The molecule has 0 spiro atoms. The van der Waals surface area contributed by atoms with E-state index in [1.54, 1.807) is 0 Å². The fourth-order valence-corrected chi connectivity index (χ4v) is 4.68. The highest BCUT2D eigenvalue weighted by Gasteiger charge is 2.08. The van der Waals surface area contributed by atoms with Crippen LogP contribution >= 0.6 is 0 Å². The van der Waals surface area contributed by atoms with Crippen molar-refractivity contribution in [3.05, 3.63) is 95.1 Å². The van der Waals surface area contributed by atoms with Crippen LogP contribution in [0.5, 0.6) is 11.5 Å². The molecule has 0 bridgehead atoms. The molecule has 2 nitrogen and oxygen atoms in total. The van der Waals surface area contributed by atoms with Gasteiger partial charge in [0.15, 0.2) is 0 Å². The Kier molecular flexibility index (Phi) is 14.2. The van der Waals surface area contributed by atoms with Crippen molar-refractivity contribution in [2.45, 2.75) is 79.1 Å². The third-order valence-corrected chi connectivity index (χ3v) is 7.69. The van der Waals surface area contributed by atoms with Gasteiger partial charge in [0, 0.05) is 0 Å². The van der Waals surface area contributed by atoms with Crippen LogP contribution in [0.25, 0.3) is 24.3 Å². The van der Waals surface area contributed by atoms with Gasteiger partial charge in [-0.3, -0.25) is 0 Å². The summed E-state index contributed by atoms with van der Waals surface area (Å²) in [5.74, 6) is 3.21. The van der Waals surface area contributed by atoms with Gasteiger partial charge in [0.2, 0.25) is 0 Å². The Labute approximate surface area is 244 Å². The summed E-state index contributed by atoms with van der Waals surface area (Å²) >= 11 is 0. The largest absolute Gasteiger partial charge is 0.493 e. The van der Waals surface area contributed by atoms with Crippen molar-refractivity contribution >= 4 is 24.3 Å². The molecule has 0 aromatic heterocycles. The molecule has 214 valence electrons.